The topological polar surface area (TPSA) is 61.8 Å². The summed E-state index contributed by atoms with van der Waals surface area (Å²) in [4.78, 5) is 0. The third-order valence-electron chi connectivity index (χ3n) is 3.04. The largest absolute Gasteiger partial charge is 0.493 e. The van der Waals surface area contributed by atoms with Crippen molar-refractivity contribution in [2.75, 3.05) is 14.2 Å². The van der Waals surface area contributed by atoms with Crippen molar-refractivity contribution in [2.45, 2.75) is 24.9 Å². The van der Waals surface area contributed by atoms with Crippen molar-refractivity contribution in [3.63, 3.8) is 0 Å². The first kappa shape index (κ1) is 18.8. The number of benzene rings is 1. The quantitative estimate of drug-likeness (QED) is 0.732. The summed E-state index contributed by atoms with van der Waals surface area (Å²) < 4.78 is 75.6. The van der Waals surface area contributed by atoms with Crippen LogP contribution in [0.2, 0.25) is 19.6 Å². The van der Waals surface area contributed by atoms with Crippen LogP contribution in [0.4, 0.5) is 13.3 Å². The van der Waals surface area contributed by atoms with Crippen LogP contribution in [0, 0.1) is 0 Å². The number of halogens is 3. The van der Waals surface area contributed by atoms with Gasteiger partial charge in [-0.25, -0.2) is 0 Å². The second-order valence-electron chi connectivity index (χ2n) is 5.54. The van der Waals surface area contributed by atoms with E-state index in [0.29, 0.717) is 0 Å². The maximum absolute atomic E-state index is 14.2. The summed E-state index contributed by atoms with van der Waals surface area (Å²) in [6.45, 7) is 5.20. The van der Waals surface area contributed by atoms with Crippen molar-refractivity contribution in [3.8, 4) is 11.5 Å². The Morgan fingerprint density at radius 1 is 1.05 bits per heavy atom. The molecule has 0 amide bonds. The Kier molecular flexibility index (Phi) is 5.20. The smallest absolute Gasteiger partial charge is 0.397 e. The van der Waals surface area contributed by atoms with E-state index in [-0.39, 0.29) is 16.7 Å². The summed E-state index contributed by atoms with van der Waals surface area (Å²) in [5.74, 6) is 0.0891. The number of hydrogen-bond donors (Lipinski definition) is 0. The van der Waals surface area contributed by atoms with E-state index in [4.69, 9.17) is 9.47 Å². The Balaban J connectivity index is 3.79. The van der Waals surface area contributed by atoms with Crippen LogP contribution in [0.25, 0.3) is 0 Å². The highest BCUT2D eigenvalue weighted by Gasteiger charge is 2.52. The molecule has 0 aliphatic carbocycles. The van der Waals surface area contributed by atoms with E-state index in [9.17, 15) is 21.7 Å². The van der Waals surface area contributed by atoms with Crippen LogP contribution < -0.4 is 14.7 Å². The van der Waals surface area contributed by atoms with Crippen LogP contribution in [-0.4, -0.2) is 30.7 Å². The number of ether oxygens (including phenoxy) is 2. The summed E-state index contributed by atoms with van der Waals surface area (Å²) in [5.41, 5.74) is -0.873. The third kappa shape index (κ3) is 3.23. The lowest BCUT2D eigenvalue weighted by atomic mass is 10.2. The normalized spacial score (nSPS) is 13.1. The van der Waals surface area contributed by atoms with Gasteiger partial charge in [-0.2, -0.15) is 17.2 Å². The molecule has 0 radical (unpaired) electrons. The molecule has 22 heavy (non-hydrogen) atoms. The van der Waals surface area contributed by atoms with Gasteiger partial charge in [-0.15, -0.1) is 0 Å². The molecular weight excluding hydrogens is 341 g/mol. The SMILES string of the molecule is COc1cc(C(F)(F)S(=O)(=O)OF)c([Si](C)(C)C)cc1OC. The molecule has 0 fully saturated rings. The van der Waals surface area contributed by atoms with Crippen LogP contribution in [-0.2, 0) is 19.8 Å². The number of hydrogen-bond acceptors (Lipinski definition) is 5. The Labute approximate surface area is 128 Å². The van der Waals surface area contributed by atoms with Gasteiger partial charge in [0.05, 0.1) is 22.3 Å². The van der Waals surface area contributed by atoms with Gasteiger partial charge in [-0.3, -0.25) is 0 Å². The second kappa shape index (κ2) is 6.09. The van der Waals surface area contributed by atoms with Crippen LogP contribution >= 0.6 is 0 Å². The van der Waals surface area contributed by atoms with E-state index in [2.05, 4.69) is 4.39 Å². The molecule has 0 N–H and O–H groups in total. The van der Waals surface area contributed by atoms with Crippen molar-refractivity contribution in [3.05, 3.63) is 17.7 Å². The first-order valence-electron chi connectivity index (χ1n) is 6.12. The lowest BCUT2D eigenvalue weighted by Crippen LogP contribution is -2.45. The Morgan fingerprint density at radius 2 is 1.50 bits per heavy atom. The van der Waals surface area contributed by atoms with Crippen molar-refractivity contribution in [1.29, 1.82) is 0 Å². The van der Waals surface area contributed by atoms with Crippen molar-refractivity contribution < 1.29 is 35.6 Å². The van der Waals surface area contributed by atoms with E-state index in [1.54, 1.807) is 19.6 Å². The zero-order chi connectivity index (χ0) is 17.3. The van der Waals surface area contributed by atoms with Crippen LogP contribution in [0.5, 0.6) is 11.5 Å². The highest BCUT2D eigenvalue weighted by atomic mass is 32.2. The van der Waals surface area contributed by atoms with Gasteiger partial charge in [0.15, 0.2) is 11.5 Å². The molecule has 1 rings (SSSR count). The summed E-state index contributed by atoms with van der Waals surface area (Å²) in [7, 11) is -5.63. The molecule has 0 bridgehead atoms. The molecular formula is C12H17F3O5SSi. The molecule has 1 aromatic carbocycles. The maximum atomic E-state index is 14.2. The molecule has 5 nitrogen and oxygen atoms in total. The second-order valence-corrected chi connectivity index (χ2v) is 12.1. The van der Waals surface area contributed by atoms with E-state index >= 15 is 0 Å². The minimum atomic E-state index is -5.75. The summed E-state index contributed by atoms with van der Waals surface area (Å²) in [6, 6.07) is 2.13. The van der Waals surface area contributed by atoms with E-state index in [0.717, 1.165) is 6.07 Å². The van der Waals surface area contributed by atoms with Crippen LogP contribution in [0.15, 0.2) is 12.1 Å². The molecule has 0 saturated heterocycles. The molecule has 0 spiro atoms. The number of methoxy groups -OCH3 is 2. The lowest BCUT2D eigenvalue weighted by molar-refractivity contribution is -0.0287. The average molecular weight is 358 g/mol. The van der Waals surface area contributed by atoms with Gasteiger partial charge in [0.25, 0.3) is 0 Å². The summed E-state index contributed by atoms with van der Waals surface area (Å²) in [5, 5.41) is -4.47. The standard InChI is InChI=1S/C12H17F3O5SSi/c1-18-9-6-8(12(13,14)21(16,17)20-15)11(22(3,4)5)7-10(9)19-2/h6-7H,1-5H3. The van der Waals surface area contributed by atoms with Crippen molar-refractivity contribution >= 4 is 23.4 Å². The average Bonchev–Trinajstić information content (AvgIpc) is 2.44. The molecule has 0 saturated carbocycles. The van der Waals surface area contributed by atoms with E-state index in [1.807, 2.05) is 0 Å². The van der Waals surface area contributed by atoms with Gasteiger partial charge in [-0.1, -0.05) is 24.0 Å². The van der Waals surface area contributed by atoms with Crippen molar-refractivity contribution in [2.24, 2.45) is 0 Å². The summed E-state index contributed by atoms with van der Waals surface area (Å²) >= 11 is 0. The molecule has 0 aromatic heterocycles. The molecule has 0 unspecified atom stereocenters. The monoisotopic (exact) mass is 358 g/mol. The van der Waals surface area contributed by atoms with Crippen LogP contribution in [0.1, 0.15) is 5.56 Å². The predicted octanol–water partition coefficient (Wildman–Crippen LogP) is 2.53. The minimum absolute atomic E-state index is 0.0896. The molecule has 10 heteroatoms. The van der Waals surface area contributed by atoms with Gasteiger partial charge in [0, 0.05) is 5.56 Å². The maximum Gasteiger partial charge on any atom is 0.397 e. The molecule has 126 valence electrons. The Morgan fingerprint density at radius 3 is 1.86 bits per heavy atom. The number of rotatable bonds is 6. The Bertz CT molecular complexity index is 655. The zero-order valence-corrected chi connectivity index (χ0v) is 14.6. The molecule has 0 aliphatic heterocycles. The third-order valence-corrected chi connectivity index (χ3v) is 6.09. The highest BCUT2D eigenvalue weighted by Crippen LogP contribution is 2.39. The van der Waals surface area contributed by atoms with E-state index in [1.165, 1.54) is 20.3 Å². The zero-order valence-electron chi connectivity index (χ0n) is 12.7. The first-order chi connectivity index (χ1) is 9.92. The predicted molar refractivity (Wildman–Crippen MR) is 77.5 cm³/mol. The van der Waals surface area contributed by atoms with E-state index < -0.39 is 29.0 Å². The fourth-order valence-electron chi connectivity index (χ4n) is 1.91. The molecule has 0 atom stereocenters. The van der Waals surface area contributed by atoms with Gasteiger partial charge in [0.2, 0.25) is 0 Å². The summed E-state index contributed by atoms with van der Waals surface area (Å²) in [6.07, 6.45) is 0. The minimum Gasteiger partial charge on any atom is -0.493 e. The van der Waals surface area contributed by atoms with Gasteiger partial charge in [0.1, 0.15) is 0 Å². The first-order valence-corrected chi connectivity index (χ1v) is 11.0. The van der Waals surface area contributed by atoms with Crippen LogP contribution in [0.3, 0.4) is 0 Å². The van der Waals surface area contributed by atoms with Gasteiger partial charge < -0.3 is 9.47 Å². The fourth-order valence-corrected chi connectivity index (χ4v) is 4.12. The highest BCUT2D eigenvalue weighted by molar-refractivity contribution is 7.87. The number of alkyl halides is 2. The lowest BCUT2D eigenvalue weighted by Gasteiger charge is -2.26. The van der Waals surface area contributed by atoms with Gasteiger partial charge >= 0.3 is 15.4 Å². The molecule has 1 aromatic rings. The molecule has 0 aliphatic rings. The Hall–Kier alpha value is -1.26. The fraction of sp³-hybridized carbons (Fsp3) is 0.500. The van der Waals surface area contributed by atoms with Gasteiger partial charge in [-0.05, 0) is 21.8 Å². The molecule has 0 heterocycles. The van der Waals surface area contributed by atoms with Crippen molar-refractivity contribution in [1.82, 2.24) is 0 Å².